The highest BCUT2D eigenvalue weighted by atomic mass is 32.2. The van der Waals surface area contributed by atoms with E-state index in [1.165, 1.54) is 0 Å². The molecule has 0 atom stereocenters. The second kappa shape index (κ2) is 5.15. The molecule has 0 spiro atoms. The molecule has 106 valence electrons. The topological polar surface area (TPSA) is 66.4 Å². The molecule has 2 N–H and O–H groups in total. The molecule has 1 aliphatic rings. The maximum absolute atomic E-state index is 13.5. The van der Waals surface area contributed by atoms with Gasteiger partial charge >= 0.3 is 0 Å². The van der Waals surface area contributed by atoms with Gasteiger partial charge in [0.25, 0.3) is 0 Å². The molecule has 0 radical (unpaired) electrons. The number of aliphatic hydroxyl groups is 1. The van der Waals surface area contributed by atoms with Gasteiger partial charge in [-0.25, -0.2) is 21.9 Å². The quantitative estimate of drug-likeness (QED) is 0.884. The average molecular weight is 291 g/mol. The van der Waals surface area contributed by atoms with Gasteiger partial charge in [-0.1, -0.05) is 12.8 Å². The van der Waals surface area contributed by atoms with Gasteiger partial charge in [-0.05, 0) is 31.0 Å². The molecule has 1 aliphatic carbocycles. The van der Waals surface area contributed by atoms with Crippen molar-refractivity contribution in [2.45, 2.75) is 36.1 Å². The zero-order valence-electron chi connectivity index (χ0n) is 10.2. The predicted molar refractivity (Wildman–Crippen MR) is 65.0 cm³/mol. The first-order valence-electron chi connectivity index (χ1n) is 5.98. The van der Waals surface area contributed by atoms with Crippen LogP contribution in [0.5, 0.6) is 0 Å². The number of benzene rings is 1. The molecule has 0 heterocycles. The van der Waals surface area contributed by atoms with Crippen LogP contribution in [-0.4, -0.2) is 25.7 Å². The van der Waals surface area contributed by atoms with Crippen LogP contribution < -0.4 is 4.72 Å². The Morgan fingerprint density at radius 1 is 1.26 bits per heavy atom. The molecule has 0 amide bonds. The molecule has 19 heavy (non-hydrogen) atoms. The lowest BCUT2D eigenvalue weighted by atomic mass is 10.0. The van der Waals surface area contributed by atoms with Gasteiger partial charge in [0.2, 0.25) is 10.0 Å². The number of aliphatic hydroxyl groups excluding tert-OH is 1. The van der Waals surface area contributed by atoms with Crippen LogP contribution >= 0.6 is 0 Å². The van der Waals surface area contributed by atoms with E-state index in [2.05, 4.69) is 4.72 Å². The minimum atomic E-state index is -4.19. The smallest absolute Gasteiger partial charge is 0.244 e. The minimum Gasteiger partial charge on any atom is -0.394 e. The summed E-state index contributed by atoms with van der Waals surface area (Å²) in [5.74, 6) is -1.84. The summed E-state index contributed by atoms with van der Waals surface area (Å²) in [6.07, 6.45) is 2.54. The first kappa shape index (κ1) is 14.4. The predicted octanol–water partition coefficient (Wildman–Crippen LogP) is 1.55. The molecule has 1 aromatic rings. The molecule has 1 aromatic carbocycles. The second-order valence-corrected chi connectivity index (χ2v) is 6.48. The van der Waals surface area contributed by atoms with Crippen LogP contribution in [0.25, 0.3) is 0 Å². The van der Waals surface area contributed by atoms with Crippen LogP contribution in [0.15, 0.2) is 23.1 Å². The van der Waals surface area contributed by atoms with Gasteiger partial charge in [0.05, 0.1) is 12.1 Å². The van der Waals surface area contributed by atoms with E-state index in [-0.39, 0.29) is 6.61 Å². The Bertz CT molecular complexity index is 568. The Balaban J connectivity index is 2.34. The average Bonchev–Trinajstić information content (AvgIpc) is 2.80. The Morgan fingerprint density at radius 2 is 1.89 bits per heavy atom. The Morgan fingerprint density at radius 3 is 2.47 bits per heavy atom. The van der Waals surface area contributed by atoms with Crippen molar-refractivity contribution in [1.29, 1.82) is 0 Å². The van der Waals surface area contributed by atoms with Crippen LogP contribution in [0.2, 0.25) is 0 Å². The number of rotatable bonds is 4. The molecule has 0 bridgehead atoms. The molecule has 7 heteroatoms. The summed E-state index contributed by atoms with van der Waals surface area (Å²) < 4.78 is 53.1. The number of sulfonamides is 1. The van der Waals surface area contributed by atoms with Crippen molar-refractivity contribution in [2.24, 2.45) is 0 Å². The van der Waals surface area contributed by atoms with Crippen molar-refractivity contribution in [3.05, 3.63) is 29.8 Å². The highest BCUT2D eigenvalue weighted by molar-refractivity contribution is 7.89. The van der Waals surface area contributed by atoms with Crippen molar-refractivity contribution in [2.75, 3.05) is 6.61 Å². The minimum absolute atomic E-state index is 0.358. The summed E-state index contributed by atoms with van der Waals surface area (Å²) in [5, 5.41) is 9.36. The van der Waals surface area contributed by atoms with Crippen LogP contribution in [-0.2, 0) is 10.0 Å². The standard InChI is InChI=1S/C12H15F2NO3S/c13-9-3-4-10(14)11(7-9)19(17,18)15-12(8-16)5-1-2-6-12/h3-4,7,15-16H,1-2,5-6,8H2. The van der Waals surface area contributed by atoms with Gasteiger partial charge in [-0.3, -0.25) is 0 Å². The molecule has 0 aliphatic heterocycles. The third kappa shape index (κ3) is 2.93. The third-order valence-electron chi connectivity index (χ3n) is 3.40. The molecule has 1 fully saturated rings. The van der Waals surface area contributed by atoms with E-state index < -0.39 is 32.1 Å². The normalized spacial score (nSPS) is 18.7. The fourth-order valence-corrected chi connectivity index (χ4v) is 3.91. The first-order chi connectivity index (χ1) is 8.88. The Kier molecular flexibility index (Phi) is 3.89. The van der Waals surface area contributed by atoms with E-state index in [1.54, 1.807) is 0 Å². The maximum atomic E-state index is 13.5. The van der Waals surface area contributed by atoms with Gasteiger partial charge in [-0.15, -0.1) is 0 Å². The summed E-state index contributed by atoms with van der Waals surface area (Å²) in [7, 11) is -4.19. The molecule has 1 saturated carbocycles. The van der Waals surface area contributed by atoms with E-state index in [4.69, 9.17) is 0 Å². The molecule has 0 aromatic heterocycles. The van der Waals surface area contributed by atoms with Crippen LogP contribution in [0, 0.1) is 11.6 Å². The summed E-state index contributed by atoms with van der Waals surface area (Å²) in [4.78, 5) is -0.729. The first-order valence-corrected chi connectivity index (χ1v) is 7.47. The number of halogens is 2. The summed E-state index contributed by atoms with van der Waals surface area (Å²) in [6, 6.07) is 2.26. The largest absolute Gasteiger partial charge is 0.394 e. The van der Waals surface area contributed by atoms with Crippen molar-refractivity contribution in [3.8, 4) is 0 Å². The number of hydrogen-bond acceptors (Lipinski definition) is 3. The van der Waals surface area contributed by atoms with Crippen molar-refractivity contribution < 1.29 is 22.3 Å². The number of nitrogens with one attached hydrogen (secondary N) is 1. The molecule has 4 nitrogen and oxygen atoms in total. The van der Waals surface area contributed by atoms with Crippen molar-refractivity contribution in [1.82, 2.24) is 4.72 Å². The highest BCUT2D eigenvalue weighted by Gasteiger charge is 2.38. The summed E-state index contributed by atoms with van der Waals surface area (Å²) in [5.41, 5.74) is -0.961. The fraction of sp³-hybridized carbons (Fsp3) is 0.500. The zero-order valence-corrected chi connectivity index (χ0v) is 11.0. The van der Waals surface area contributed by atoms with E-state index in [0.29, 0.717) is 18.9 Å². The summed E-state index contributed by atoms with van der Waals surface area (Å²) in [6.45, 7) is -0.358. The lowest BCUT2D eigenvalue weighted by Crippen LogP contribution is -2.49. The molecule has 0 saturated heterocycles. The zero-order chi connectivity index (χ0) is 14.1. The van der Waals surface area contributed by atoms with Crippen LogP contribution in [0.1, 0.15) is 25.7 Å². The van der Waals surface area contributed by atoms with Crippen LogP contribution in [0.4, 0.5) is 8.78 Å². The van der Waals surface area contributed by atoms with Gasteiger partial charge in [0.15, 0.2) is 0 Å². The molecular weight excluding hydrogens is 276 g/mol. The van der Waals surface area contributed by atoms with Gasteiger partial charge in [0.1, 0.15) is 16.5 Å². The second-order valence-electron chi connectivity index (χ2n) is 4.83. The van der Waals surface area contributed by atoms with E-state index in [0.717, 1.165) is 25.0 Å². The highest BCUT2D eigenvalue weighted by Crippen LogP contribution is 2.31. The molecule has 0 unspecified atom stereocenters. The molecule has 2 rings (SSSR count). The maximum Gasteiger partial charge on any atom is 0.244 e. The third-order valence-corrected chi connectivity index (χ3v) is 4.99. The lowest BCUT2D eigenvalue weighted by Gasteiger charge is -2.27. The van der Waals surface area contributed by atoms with Gasteiger partial charge < -0.3 is 5.11 Å². The van der Waals surface area contributed by atoms with Gasteiger partial charge in [-0.2, -0.15) is 0 Å². The molecular formula is C12H15F2NO3S. The van der Waals surface area contributed by atoms with E-state index >= 15 is 0 Å². The fourth-order valence-electron chi connectivity index (χ4n) is 2.37. The van der Waals surface area contributed by atoms with E-state index in [1.807, 2.05) is 0 Å². The van der Waals surface area contributed by atoms with E-state index in [9.17, 15) is 22.3 Å². The lowest BCUT2D eigenvalue weighted by molar-refractivity contribution is 0.185. The summed E-state index contributed by atoms with van der Waals surface area (Å²) >= 11 is 0. The Labute approximate surface area is 110 Å². The van der Waals surface area contributed by atoms with Crippen molar-refractivity contribution >= 4 is 10.0 Å². The van der Waals surface area contributed by atoms with Gasteiger partial charge in [0, 0.05) is 0 Å². The Hall–Kier alpha value is -1.05. The monoisotopic (exact) mass is 291 g/mol. The SMILES string of the molecule is O=S(=O)(NC1(CO)CCCC1)c1cc(F)ccc1F. The van der Waals surface area contributed by atoms with Crippen LogP contribution in [0.3, 0.4) is 0 Å². The van der Waals surface area contributed by atoms with Crippen molar-refractivity contribution in [3.63, 3.8) is 0 Å². The number of hydrogen-bond donors (Lipinski definition) is 2.